The quantitative estimate of drug-likeness (QED) is 0.0929. The number of pyridine rings is 1. The Morgan fingerprint density at radius 3 is 2.62 bits per heavy atom. The van der Waals surface area contributed by atoms with Gasteiger partial charge in [-0.15, -0.1) is 0 Å². The number of anilines is 1. The summed E-state index contributed by atoms with van der Waals surface area (Å²) in [6.07, 6.45) is 14.7. The molecule has 13 heteroatoms. The number of rotatable bonds is 15. The minimum absolute atomic E-state index is 0.129. The number of hydrogen-bond donors (Lipinski definition) is 2. The molecule has 0 spiro atoms. The van der Waals surface area contributed by atoms with Crippen molar-refractivity contribution in [1.29, 1.82) is 0 Å². The van der Waals surface area contributed by atoms with Crippen molar-refractivity contribution < 1.29 is 28.4 Å². The topological polar surface area (TPSA) is 135 Å². The largest absolute Gasteiger partial charge is 0.369 e. The molecule has 2 N–H and O–H groups in total. The second-order valence-electron chi connectivity index (χ2n) is 16.1. The molecule has 60 heavy (non-hydrogen) atoms. The van der Waals surface area contributed by atoms with Crippen LogP contribution in [0.3, 0.4) is 0 Å². The van der Waals surface area contributed by atoms with Gasteiger partial charge in [0.15, 0.2) is 0 Å². The molecule has 3 fully saturated rings. The van der Waals surface area contributed by atoms with Crippen LogP contribution in [0.5, 0.6) is 0 Å². The molecule has 3 aromatic rings. The third-order valence-corrected chi connectivity index (χ3v) is 12.0. The molecule has 0 radical (unpaired) electrons. The van der Waals surface area contributed by atoms with Crippen LogP contribution in [-0.2, 0) is 20.9 Å². The van der Waals surface area contributed by atoms with Gasteiger partial charge in [0.05, 0.1) is 5.56 Å². The lowest BCUT2D eigenvalue weighted by Crippen LogP contribution is -2.52. The number of piperidine rings is 1. The number of benzene rings is 2. The normalized spacial score (nSPS) is 19.4. The first-order valence-corrected chi connectivity index (χ1v) is 21.4. The van der Waals surface area contributed by atoms with Gasteiger partial charge in [0.2, 0.25) is 17.7 Å². The van der Waals surface area contributed by atoms with E-state index in [2.05, 4.69) is 37.3 Å². The number of nitrogens with zero attached hydrogens (tertiary/aromatic N) is 5. The fourth-order valence-corrected chi connectivity index (χ4v) is 8.59. The molecular formula is C47H54FN7O5. The highest BCUT2D eigenvalue weighted by molar-refractivity contribution is 6.05. The standard InChI is InChI=1S/C47H54FN7O5/c48-41-30-37(16-17-39(41)46(59)54-25-21-35(32-54)10-5-6-23-50-43(56)19-15-34-11-9-22-49-31-34)53-28-26-52(27-29-53)24-7-3-1-2-4-12-36-13-8-14-38-40(36)33-55(47(38)60)42-18-20-44(57)51-45(42)58/h8-9,11,13-17,19,22,30-31,35,42H,1-3,5-7,10,18,20-21,23-29,32-33H2,(H,50,56)(H,51,57,58)/b19-15+. The Morgan fingerprint density at radius 2 is 1.82 bits per heavy atom. The summed E-state index contributed by atoms with van der Waals surface area (Å²) in [5.41, 5.74) is 4.04. The molecule has 3 saturated heterocycles. The van der Waals surface area contributed by atoms with Crippen molar-refractivity contribution in [3.63, 3.8) is 0 Å². The number of halogens is 1. The van der Waals surface area contributed by atoms with E-state index in [0.29, 0.717) is 44.1 Å². The molecule has 4 aliphatic rings. The molecule has 2 aromatic carbocycles. The molecule has 0 bridgehead atoms. The van der Waals surface area contributed by atoms with Crippen molar-refractivity contribution in [2.45, 2.75) is 76.8 Å². The third-order valence-electron chi connectivity index (χ3n) is 12.0. The number of amides is 5. The SMILES string of the molecule is O=C(/C=C/c1cccnc1)NCCCCC1CCN(C(=O)c2ccc(N3CCN(CCCCCC#Cc4cccc5c4CN(C4CCC(=O)NC4=O)C5=O)CC3)cc2F)C1. The Hall–Kier alpha value is -5.87. The van der Waals surface area contributed by atoms with Gasteiger partial charge >= 0.3 is 0 Å². The van der Waals surface area contributed by atoms with E-state index in [1.807, 2.05) is 30.3 Å². The lowest BCUT2D eigenvalue weighted by Gasteiger charge is -2.36. The third kappa shape index (κ3) is 10.8. The highest BCUT2D eigenvalue weighted by atomic mass is 19.1. The molecule has 12 nitrogen and oxygen atoms in total. The van der Waals surface area contributed by atoms with Crippen LogP contribution in [0.25, 0.3) is 6.08 Å². The van der Waals surface area contributed by atoms with Crippen LogP contribution in [0, 0.1) is 23.6 Å². The molecule has 5 amide bonds. The zero-order chi connectivity index (χ0) is 41.8. The molecule has 1 aromatic heterocycles. The maximum Gasteiger partial charge on any atom is 0.256 e. The summed E-state index contributed by atoms with van der Waals surface area (Å²) >= 11 is 0. The van der Waals surface area contributed by atoms with Gasteiger partial charge in [-0.2, -0.15) is 0 Å². The van der Waals surface area contributed by atoms with Crippen molar-refractivity contribution in [3.05, 3.63) is 101 Å². The zero-order valence-corrected chi connectivity index (χ0v) is 34.2. The number of aromatic nitrogens is 1. The first kappa shape index (κ1) is 42.3. The Morgan fingerprint density at radius 1 is 0.950 bits per heavy atom. The number of hydrogen-bond acceptors (Lipinski definition) is 8. The molecular weight excluding hydrogens is 762 g/mol. The summed E-state index contributed by atoms with van der Waals surface area (Å²) in [7, 11) is 0. The summed E-state index contributed by atoms with van der Waals surface area (Å²) < 4.78 is 15.4. The van der Waals surface area contributed by atoms with Crippen molar-refractivity contribution in [3.8, 4) is 11.8 Å². The molecule has 5 heterocycles. The van der Waals surface area contributed by atoms with E-state index in [4.69, 9.17) is 0 Å². The first-order chi connectivity index (χ1) is 29.2. The van der Waals surface area contributed by atoms with Gasteiger partial charge in [-0.3, -0.25) is 39.2 Å². The highest BCUT2D eigenvalue weighted by Crippen LogP contribution is 2.30. The van der Waals surface area contributed by atoms with Gasteiger partial charge in [0.1, 0.15) is 11.9 Å². The van der Waals surface area contributed by atoms with Gasteiger partial charge in [-0.1, -0.05) is 36.8 Å². The van der Waals surface area contributed by atoms with Crippen LogP contribution >= 0.6 is 0 Å². The summed E-state index contributed by atoms with van der Waals surface area (Å²) in [6.45, 7) is 6.53. The predicted octanol–water partition coefficient (Wildman–Crippen LogP) is 5.18. The monoisotopic (exact) mass is 815 g/mol. The van der Waals surface area contributed by atoms with Crippen LogP contribution in [0.1, 0.15) is 102 Å². The molecule has 314 valence electrons. The van der Waals surface area contributed by atoms with E-state index in [9.17, 15) is 24.0 Å². The smallest absolute Gasteiger partial charge is 0.256 e. The second-order valence-corrected chi connectivity index (χ2v) is 16.1. The first-order valence-electron chi connectivity index (χ1n) is 21.4. The van der Waals surface area contributed by atoms with Crippen LogP contribution in [-0.4, -0.2) is 108 Å². The summed E-state index contributed by atoms with van der Waals surface area (Å²) in [4.78, 5) is 74.5. The van der Waals surface area contributed by atoms with Crippen LogP contribution in [0.2, 0.25) is 0 Å². The molecule has 2 unspecified atom stereocenters. The summed E-state index contributed by atoms with van der Waals surface area (Å²) in [6, 6.07) is 13.6. The Kier molecular flexibility index (Phi) is 14.4. The number of carbonyl (C=O) groups excluding carboxylic acids is 5. The van der Waals surface area contributed by atoms with Crippen LogP contribution in [0.4, 0.5) is 10.1 Å². The predicted molar refractivity (Wildman–Crippen MR) is 227 cm³/mol. The summed E-state index contributed by atoms with van der Waals surface area (Å²) in [5, 5.41) is 5.26. The second kappa shape index (κ2) is 20.4. The Labute approximate surface area is 351 Å². The van der Waals surface area contributed by atoms with Gasteiger partial charge in [-0.05, 0) is 105 Å². The lowest BCUT2D eigenvalue weighted by molar-refractivity contribution is -0.137. The van der Waals surface area contributed by atoms with Crippen molar-refractivity contribution >= 4 is 41.3 Å². The minimum Gasteiger partial charge on any atom is -0.369 e. The molecule has 7 rings (SSSR count). The minimum atomic E-state index is -0.641. The molecule has 0 aliphatic carbocycles. The fraction of sp³-hybridized carbons (Fsp3) is 0.447. The van der Waals surface area contributed by atoms with Crippen LogP contribution in [0.15, 0.2) is 67.0 Å². The van der Waals surface area contributed by atoms with Crippen molar-refractivity contribution in [1.82, 2.24) is 30.3 Å². The van der Waals surface area contributed by atoms with E-state index in [1.165, 1.54) is 12.1 Å². The Balaban J connectivity index is 0.764. The van der Waals surface area contributed by atoms with E-state index < -0.39 is 17.8 Å². The van der Waals surface area contributed by atoms with Crippen LogP contribution < -0.4 is 15.5 Å². The maximum absolute atomic E-state index is 15.4. The van der Waals surface area contributed by atoms with Gasteiger partial charge < -0.3 is 20.0 Å². The van der Waals surface area contributed by atoms with Crippen molar-refractivity contribution in [2.75, 3.05) is 57.3 Å². The number of carbonyl (C=O) groups is 5. The van der Waals surface area contributed by atoms with E-state index in [1.54, 1.807) is 40.4 Å². The number of unbranched alkanes of at least 4 members (excludes halogenated alkanes) is 4. The van der Waals surface area contributed by atoms with Gasteiger partial charge in [0, 0.05) is 100 Å². The van der Waals surface area contributed by atoms with E-state index in [-0.39, 0.29) is 35.6 Å². The number of fused-ring (bicyclic) bond motifs is 1. The number of nitrogens with one attached hydrogen (secondary N) is 2. The van der Waals surface area contributed by atoms with Gasteiger partial charge in [0.25, 0.3) is 11.8 Å². The van der Waals surface area contributed by atoms with E-state index >= 15 is 4.39 Å². The Bertz CT molecular complexity index is 2140. The number of likely N-dealkylation sites (tertiary alicyclic amines) is 1. The molecule has 0 saturated carbocycles. The van der Waals surface area contributed by atoms with Crippen molar-refractivity contribution in [2.24, 2.45) is 5.92 Å². The zero-order valence-electron chi connectivity index (χ0n) is 34.2. The van der Waals surface area contributed by atoms with Gasteiger partial charge in [-0.25, -0.2) is 4.39 Å². The molecule has 4 aliphatic heterocycles. The number of piperazine rings is 1. The summed E-state index contributed by atoms with van der Waals surface area (Å²) in [5.74, 6) is 5.15. The highest BCUT2D eigenvalue weighted by Gasteiger charge is 2.39. The fourth-order valence-electron chi connectivity index (χ4n) is 8.59. The lowest BCUT2D eigenvalue weighted by atomic mass is 10.0. The average molecular weight is 816 g/mol. The maximum atomic E-state index is 15.4. The number of imide groups is 1. The molecule has 2 atom stereocenters. The average Bonchev–Trinajstić information content (AvgIpc) is 3.87. The van der Waals surface area contributed by atoms with E-state index in [0.717, 1.165) is 106 Å².